The number of carbonyl (C=O) groups excluding carboxylic acids is 1. The first kappa shape index (κ1) is 22.2. The molecule has 8 heteroatoms. The van der Waals surface area contributed by atoms with Crippen LogP contribution < -0.4 is 14.4 Å². The molecule has 1 aromatic heterocycles. The van der Waals surface area contributed by atoms with Crippen LogP contribution in [0.3, 0.4) is 0 Å². The van der Waals surface area contributed by atoms with E-state index in [9.17, 15) is 13.6 Å². The molecule has 0 saturated carbocycles. The van der Waals surface area contributed by atoms with Crippen molar-refractivity contribution in [3.05, 3.63) is 77.7 Å². The number of ether oxygens (including phenoxy) is 2. The fourth-order valence-electron chi connectivity index (χ4n) is 3.38. The lowest BCUT2D eigenvalue weighted by Crippen LogP contribution is -2.38. The summed E-state index contributed by atoms with van der Waals surface area (Å²) in [5.74, 6) is 5.91. The Bertz CT molecular complexity index is 1150. The maximum absolute atomic E-state index is 13.8. The Kier molecular flexibility index (Phi) is 7.10. The van der Waals surface area contributed by atoms with E-state index in [1.54, 1.807) is 48.5 Å². The van der Waals surface area contributed by atoms with Crippen molar-refractivity contribution in [2.75, 3.05) is 24.7 Å². The number of aromatic nitrogens is 2. The Balaban J connectivity index is 1.30. The number of benzene rings is 2. The highest BCUT2D eigenvalue weighted by Gasteiger charge is 2.22. The second kappa shape index (κ2) is 10.6. The molecule has 2 aromatic carbocycles. The zero-order valence-electron chi connectivity index (χ0n) is 17.7. The van der Waals surface area contributed by atoms with Crippen LogP contribution in [0.4, 0.5) is 14.6 Å². The van der Waals surface area contributed by atoms with Crippen LogP contribution in [0.25, 0.3) is 0 Å². The highest BCUT2D eigenvalue weighted by Crippen LogP contribution is 2.23. The number of nitrogens with zero attached hydrogens (tertiary/aromatic N) is 3. The number of alkyl halides is 1. The smallest absolute Gasteiger partial charge is 0.342 e. The highest BCUT2D eigenvalue weighted by atomic mass is 19.1. The molecule has 6 nitrogen and oxygen atoms in total. The Hall–Kier alpha value is -3.99. The van der Waals surface area contributed by atoms with Crippen molar-refractivity contribution in [2.45, 2.75) is 18.9 Å². The summed E-state index contributed by atoms with van der Waals surface area (Å²) in [6.45, 7) is 0.298. The number of esters is 1. The van der Waals surface area contributed by atoms with Crippen LogP contribution in [0, 0.1) is 17.7 Å². The van der Waals surface area contributed by atoms with Crippen molar-refractivity contribution in [3.8, 4) is 23.3 Å². The summed E-state index contributed by atoms with van der Waals surface area (Å²) in [6.07, 6.45) is 1.48. The first-order valence-corrected chi connectivity index (χ1v) is 10.5. The first-order valence-electron chi connectivity index (χ1n) is 10.5. The van der Waals surface area contributed by atoms with Gasteiger partial charge >= 0.3 is 5.97 Å². The third kappa shape index (κ3) is 6.04. The van der Waals surface area contributed by atoms with Crippen LogP contribution in [0.1, 0.15) is 24.1 Å². The van der Waals surface area contributed by atoms with Gasteiger partial charge in [-0.15, -0.1) is 10.2 Å². The maximum Gasteiger partial charge on any atom is 0.342 e. The molecule has 0 amide bonds. The Morgan fingerprint density at radius 2 is 1.76 bits per heavy atom. The molecule has 1 aliphatic rings. The summed E-state index contributed by atoms with van der Waals surface area (Å²) in [6, 6.07) is 16.5. The molecule has 0 unspecified atom stereocenters. The van der Waals surface area contributed by atoms with Gasteiger partial charge in [0.25, 0.3) is 0 Å². The second-order valence-electron chi connectivity index (χ2n) is 7.39. The molecule has 0 bridgehead atoms. The summed E-state index contributed by atoms with van der Waals surface area (Å²) >= 11 is 0. The van der Waals surface area contributed by atoms with Crippen molar-refractivity contribution in [1.29, 1.82) is 0 Å². The van der Waals surface area contributed by atoms with Crippen LogP contribution in [-0.4, -0.2) is 42.0 Å². The Morgan fingerprint density at radius 1 is 1.00 bits per heavy atom. The van der Waals surface area contributed by atoms with Crippen LogP contribution in [-0.2, 0) is 4.79 Å². The first-order chi connectivity index (χ1) is 16.1. The number of hydrogen-bond donors (Lipinski definition) is 0. The van der Waals surface area contributed by atoms with Crippen LogP contribution in [0.15, 0.2) is 60.7 Å². The molecule has 1 saturated heterocycles. The molecular weight excluding hydrogens is 428 g/mol. The van der Waals surface area contributed by atoms with Gasteiger partial charge in [0.1, 0.15) is 17.5 Å². The quantitative estimate of drug-likeness (QED) is 0.334. The fraction of sp³-hybridized carbons (Fsp3) is 0.240. The monoisotopic (exact) mass is 449 g/mol. The number of rotatable bonds is 5. The van der Waals surface area contributed by atoms with E-state index >= 15 is 0 Å². The predicted molar refractivity (Wildman–Crippen MR) is 118 cm³/mol. The Labute approximate surface area is 190 Å². The fourth-order valence-corrected chi connectivity index (χ4v) is 3.38. The number of para-hydroxylation sites is 1. The second-order valence-corrected chi connectivity index (χ2v) is 7.39. The van der Waals surface area contributed by atoms with Gasteiger partial charge in [-0.1, -0.05) is 18.1 Å². The molecule has 168 valence electrons. The number of piperidine rings is 1. The van der Waals surface area contributed by atoms with Crippen LogP contribution in [0.2, 0.25) is 0 Å². The molecule has 0 radical (unpaired) electrons. The predicted octanol–water partition coefficient (Wildman–Crippen LogP) is 3.94. The Morgan fingerprint density at radius 3 is 2.42 bits per heavy atom. The minimum absolute atomic E-state index is 0.0388. The van der Waals surface area contributed by atoms with E-state index in [0.717, 1.165) is 31.7 Å². The number of carbonyl (C=O) groups is 1. The third-order valence-corrected chi connectivity index (χ3v) is 5.08. The molecule has 0 spiro atoms. The standard InChI is InChI=1S/C25H21F2N3O3/c26-17-25(31)33-20-10-6-18(7-11-20)5-8-19-9-12-24(29-28-19)30-15-13-21(14-16-30)32-23-4-2-1-3-22(23)27/h1-4,6-7,9-12,21H,13-17H2. The van der Waals surface area contributed by atoms with E-state index in [4.69, 9.17) is 9.47 Å². The van der Waals surface area contributed by atoms with E-state index in [-0.39, 0.29) is 23.4 Å². The van der Waals surface area contributed by atoms with Crippen molar-refractivity contribution >= 4 is 11.8 Å². The van der Waals surface area contributed by atoms with Gasteiger partial charge in [-0.3, -0.25) is 0 Å². The maximum atomic E-state index is 13.8. The van der Waals surface area contributed by atoms with Crippen molar-refractivity contribution < 1.29 is 23.0 Å². The average Bonchev–Trinajstić information content (AvgIpc) is 2.86. The van der Waals surface area contributed by atoms with E-state index in [2.05, 4.69) is 26.9 Å². The van der Waals surface area contributed by atoms with E-state index in [1.807, 2.05) is 6.07 Å². The summed E-state index contributed by atoms with van der Waals surface area (Å²) in [5, 5.41) is 8.45. The third-order valence-electron chi connectivity index (χ3n) is 5.08. The van der Waals surface area contributed by atoms with Gasteiger partial charge in [-0.25, -0.2) is 13.6 Å². The highest BCUT2D eigenvalue weighted by molar-refractivity contribution is 5.73. The van der Waals surface area contributed by atoms with Gasteiger partial charge in [0.2, 0.25) is 0 Å². The summed E-state index contributed by atoms with van der Waals surface area (Å²) in [5.41, 5.74) is 1.21. The lowest BCUT2D eigenvalue weighted by molar-refractivity contribution is -0.135. The van der Waals surface area contributed by atoms with Crippen LogP contribution in [0.5, 0.6) is 11.5 Å². The number of anilines is 1. The van der Waals surface area contributed by atoms with Gasteiger partial charge in [0, 0.05) is 31.5 Å². The topological polar surface area (TPSA) is 64.5 Å². The van der Waals surface area contributed by atoms with Gasteiger partial charge < -0.3 is 14.4 Å². The normalized spacial score (nSPS) is 13.7. The molecule has 4 rings (SSSR count). The minimum atomic E-state index is -1.17. The van der Waals surface area contributed by atoms with Crippen molar-refractivity contribution in [2.24, 2.45) is 0 Å². The molecule has 1 aliphatic heterocycles. The zero-order valence-corrected chi connectivity index (χ0v) is 17.7. The largest absolute Gasteiger partial charge is 0.487 e. The summed E-state index contributed by atoms with van der Waals surface area (Å²) < 4.78 is 36.5. The zero-order chi connectivity index (χ0) is 23.0. The van der Waals surface area contributed by atoms with Gasteiger partial charge in [-0.05, 0) is 54.5 Å². The molecular formula is C25H21F2N3O3. The average molecular weight is 449 g/mol. The van der Waals surface area contributed by atoms with E-state index < -0.39 is 12.6 Å². The minimum Gasteiger partial charge on any atom is -0.487 e. The lowest BCUT2D eigenvalue weighted by atomic mass is 10.1. The number of halogens is 2. The van der Waals surface area contributed by atoms with E-state index in [0.29, 0.717) is 11.3 Å². The molecule has 1 fully saturated rings. The SMILES string of the molecule is O=C(CF)Oc1ccc(C#Cc2ccc(N3CCC(Oc4ccccc4F)CC3)nn2)cc1. The summed E-state index contributed by atoms with van der Waals surface area (Å²) in [7, 11) is 0. The molecule has 0 atom stereocenters. The molecule has 0 N–H and O–H groups in total. The number of hydrogen-bond acceptors (Lipinski definition) is 6. The lowest BCUT2D eigenvalue weighted by Gasteiger charge is -2.32. The molecule has 2 heterocycles. The van der Waals surface area contributed by atoms with E-state index in [1.165, 1.54) is 6.07 Å². The molecule has 0 aliphatic carbocycles. The van der Waals surface area contributed by atoms with Gasteiger partial charge in [-0.2, -0.15) is 0 Å². The summed E-state index contributed by atoms with van der Waals surface area (Å²) in [4.78, 5) is 13.1. The molecule has 3 aromatic rings. The van der Waals surface area contributed by atoms with Crippen molar-refractivity contribution in [3.63, 3.8) is 0 Å². The van der Waals surface area contributed by atoms with Gasteiger partial charge in [0.15, 0.2) is 24.1 Å². The van der Waals surface area contributed by atoms with Crippen LogP contribution >= 0.6 is 0 Å². The molecule has 33 heavy (non-hydrogen) atoms. The van der Waals surface area contributed by atoms with Gasteiger partial charge in [0.05, 0.1) is 0 Å². The van der Waals surface area contributed by atoms with Crippen molar-refractivity contribution in [1.82, 2.24) is 10.2 Å².